The van der Waals surface area contributed by atoms with E-state index in [1.807, 2.05) is 43.3 Å². The van der Waals surface area contributed by atoms with Crippen LogP contribution in [0.1, 0.15) is 49.7 Å². The molecule has 1 aliphatic heterocycles. The zero-order valence-electron chi connectivity index (χ0n) is 18.0. The summed E-state index contributed by atoms with van der Waals surface area (Å²) < 4.78 is 10.6. The number of methoxy groups -OCH3 is 1. The molecule has 0 unspecified atom stereocenters. The zero-order chi connectivity index (χ0) is 22.0. The Balaban J connectivity index is 1.75. The van der Waals surface area contributed by atoms with Crippen molar-refractivity contribution >= 4 is 11.8 Å². The van der Waals surface area contributed by atoms with Crippen molar-refractivity contribution in [3.63, 3.8) is 0 Å². The number of allylic oxidation sites excluding steroid dienone is 3. The topological polar surface area (TPSA) is 77.5 Å². The van der Waals surface area contributed by atoms with Crippen LogP contribution in [0.4, 0.5) is 0 Å². The number of esters is 1. The van der Waals surface area contributed by atoms with Gasteiger partial charge in [0.15, 0.2) is 5.78 Å². The molecule has 2 aliphatic rings. The van der Waals surface area contributed by atoms with Crippen molar-refractivity contribution in [3.8, 4) is 5.75 Å². The normalized spacial score (nSPS) is 20.8. The van der Waals surface area contributed by atoms with Crippen molar-refractivity contribution in [1.82, 2.24) is 10.3 Å². The van der Waals surface area contributed by atoms with Gasteiger partial charge in [-0.2, -0.15) is 0 Å². The van der Waals surface area contributed by atoms with E-state index < -0.39 is 11.9 Å². The quantitative estimate of drug-likeness (QED) is 0.739. The second-order valence-electron chi connectivity index (χ2n) is 7.79. The number of ketones is 1. The number of nitrogens with zero attached hydrogens (tertiary/aromatic N) is 1. The van der Waals surface area contributed by atoms with Gasteiger partial charge in [0, 0.05) is 41.7 Å². The van der Waals surface area contributed by atoms with Crippen LogP contribution < -0.4 is 10.1 Å². The van der Waals surface area contributed by atoms with Gasteiger partial charge in [-0.1, -0.05) is 12.1 Å². The largest absolute Gasteiger partial charge is 0.497 e. The van der Waals surface area contributed by atoms with Crippen molar-refractivity contribution in [2.24, 2.45) is 0 Å². The Kier molecular flexibility index (Phi) is 5.89. The van der Waals surface area contributed by atoms with Gasteiger partial charge in [-0.15, -0.1) is 0 Å². The number of dihydropyridines is 1. The Hall–Kier alpha value is -3.41. The van der Waals surface area contributed by atoms with E-state index in [0.29, 0.717) is 24.0 Å². The van der Waals surface area contributed by atoms with Gasteiger partial charge < -0.3 is 14.8 Å². The molecule has 2 aromatic rings. The van der Waals surface area contributed by atoms with Crippen LogP contribution in [0.15, 0.2) is 71.3 Å². The summed E-state index contributed by atoms with van der Waals surface area (Å²) in [5.74, 6) is 0.0520. The molecule has 4 rings (SSSR count). The Morgan fingerprint density at radius 3 is 2.45 bits per heavy atom. The highest BCUT2D eigenvalue weighted by atomic mass is 16.5. The second-order valence-corrected chi connectivity index (χ2v) is 7.79. The second kappa shape index (κ2) is 8.76. The van der Waals surface area contributed by atoms with Crippen molar-refractivity contribution in [2.45, 2.75) is 38.5 Å². The van der Waals surface area contributed by atoms with Gasteiger partial charge in [0.05, 0.1) is 19.3 Å². The first-order valence-electron chi connectivity index (χ1n) is 10.5. The van der Waals surface area contributed by atoms with Crippen LogP contribution >= 0.6 is 0 Å². The van der Waals surface area contributed by atoms with E-state index in [1.165, 1.54) is 0 Å². The van der Waals surface area contributed by atoms with Crippen molar-refractivity contribution in [1.29, 1.82) is 0 Å². The van der Waals surface area contributed by atoms with E-state index in [2.05, 4.69) is 10.3 Å². The summed E-state index contributed by atoms with van der Waals surface area (Å²) in [6, 6.07) is 11.6. The summed E-state index contributed by atoms with van der Waals surface area (Å²) in [5.41, 5.74) is 4.71. The molecule has 160 valence electrons. The Bertz CT molecular complexity index is 1050. The highest BCUT2D eigenvalue weighted by Gasteiger charge is 2.41. The van der Waals surface area contributed by atoms with E-state index in [4.69, 9.17) is 9.47 Å². The Morgan fingerprint density at radius 2 is 1.81 bits per heavy atom. The summed E-state index contributed by atoms with van der Waals surface area (Å²) in [7, 11) is 1.64. The van der Waals surface area contributed by atoms with Gasteiger partial charge >= 0.3 is 5.97 Å². The molecule has 1 aliphatic carbocycles. The number of Topliss-reactive ketones (excluding diaryl/α,β-unsaturated/α-hetero) is 1. The molecule has 0 saturated carbocycles. The molecule has 1 N–H and O–H groups in total. The first-order chi connectivity index (χ1) is 15.0. The molecule has 0 radical (unpaired) electrons. The predicted octanol–water partition coefficient (Wildman–Crippen LogP) is 4.01. The fourth-order valence-corrected chi connectivity index (χ4v) is 4.52. The van der Waals surface area contributed by atoms with E-state index in [9.17, 15) is 9.59 Å². The first-order valence-corrected chi connectivity index (χ1v) is 10.5. The van der Waals surface area contributed by atoms with E-state index in [1.54, 1.807) is 26.4 Å². The number of carbonyl (C=O) groups is 2. The average molecular weight is 418 g/mol. The van der Waals surface area contributed by atoms with Gasteiger partial charge in [-0.05, 0) is 61.6 Å². The van der Waals surface area contributed by atoms with Crippen LogP contribution in [-0.4, -0.2) is 30.5 Å². The lowest BCUT2D eigenvalue weighted by Gasteiger charge is -2.36. The number of hydrogen-bond donors (Lipinski definition) is 1. The standard InChI is InChI=1S/C25H26N2O4/c1-4-31-25(29)22-15(2)27-20-13-18(16-5-7-19(30-3)8-6-16)14-21(28)24(20)23(22)17-9-11-26-12-10-17/h5-12,18,23,27H,4,13-14H2,1-3H3/t18-,23-/m0/s1. The third-order valence-corrected chi connectivity index (χ3v) is 5.95. The fraction of sp³-hybridized carbons (Fsp3) is 0.320. The molecule has 0 spiro atoms. The van der Waals surface area contributed by atoms with Crippen LogP contribution in [0.25, 0.3) is 0 Å². The van der Waals surface area contributed by atoms with Gasteiger partial charge in [0.1, 0.15) is 5.75 Å². The van der Waals surface area contributed by atoms with Gasteiger partial charge in [-0.25, -0.2) is 4.79 Å². The molecule has 0 bridgehead atoms. The lowest BCUT2D eigenvalue weighted by molar-refractivity contribution is -0.138. The number of hydrogen-bond acceptors (Lipinski definition) is 6. The maximum Gasteiger partial charge on any atom is 0.336 e. The van der Waals surface area contributed by atoms with E-state index in [-0.39, 0.29) is 18.3 Å². The molecule has 2 heterocycles. The van der Waals surface area contributed by atoms with Crippen molar-refractivity contribution in [3.05, 3.63) is 82.5 Å². The molecule has 6 heteroatoms. The number of rotatable bonds is 5. The van der Waals surface area contributed by atoms with E-state index >= 15 is 0 Å². The number of benzene rings is 1. The molecule has 0 saturated heterocycles. The highest BCUT2D eigenvalue weighted by molar-refractivity contribution is 6.04. The molecule has 6 nitrogen and oxygen atoms in total. The SMILES string of the molecule is CCOC(=O)C1=C(C)NC2=C(C(=O)C[C@@H](c3ccc(OC)cc3)C2)[C@H]1c1ccncc1. The van der Waals surface area contributed by atoms with Gasteiger partial charge in [-0.3, -0.25) is 9.78 Å². The lowest BCUT2D eigenvalue weighted by Crippen LogP contribution is -2.36. The van der Waals surface area contributed by atoms with Crippen LogP contribution in [0, 0.1) is 0 Å². The van der Waals surface area contributed by atoms with Crippen molar-refractivity contribution < 1.29 is 19.1 Å². The Labute approximate surface area is 182 Å². The molecule has 1 aromatic heterocycles. The van der Waals surface area contributed by atoms with Gasteiger partial charge in [0.2, 0.25) is 0 Å². The van der Waals surface area contributed by atoms with Gasteiger partial charge in [0.25, 0.3) is 0 Å². The minimum atomic E-state index is -0.456. The zero-order valence-corrected chi connectivity index (χ0v) is 18.0. The number of pyridine rings is 1. The summed E-state index contributed by atoms with van der Waals surface area (Å²) in [4.78, 5) is 30.4. The number of aromatic nitrogens is 1. The summed E-state index contributed by atoms with van der Waals surface area (Å²) in [5, 5.41) is 3.36. The highest BCUT2D eigenvalue weighted by Crippen LogP contribution is 2.45. The maximum atomic E-state index is 13.4. The minimum Gasteiger partial charge on any atom is -0.497 e. The molecule has 0 amide bonds. The third-order valence-electron chi connectivity index (χ3n) is 5.95. The van der Waals surface area contributed by atoms with Crippen LogP contribution in [-0.2, 0) is 14.3 Å². The molecule has 0 fully saturated rings. The molecule has 31 heavy (non-hydrogen) atoms. The summed E-state index contributed by atoms with van der Waals surface area (Å²) in [6.07, 6.45) is 4.46. The fourth-order valence-electron chi connectivity index (χ4n) is 4.52. The van der Waals surface area contributed by atoms with Crippen molar-refractivity contribution in [2.75, 3.05) is 13.7 Å². The van der Waals surface area contributed by atoms with Crippen LogP contribution in [0.5, 0.6) is 5.75 Å². The number of carbonyl (C=O) groups excluding carboxylic acids is 2. The first kappa shape index (κ1) is 20.8. The Morgan fingerprint density at radius 1 is 1.10 bits per heavy atom. The average Bonchev–Trinajstić information content (AvgIpc) is 2.78. The third kappa shape index (κ3) is 3.98. The number of nitrogens with one attached hydrogen (secondary N) is 1. The lowest BCUT2D eigenvalue weighted by atomic mass is 9.72. The molecule has 1 aromatic carbocycles. The maximum absolute atomic E-state index is 13.4. The number of ether oxygens (including phenoxy) is 2. The smallest absolute Gasteiger partial charge is 0.336 e. The van der Waals surface area contributed by atoms with E-state index in [0.717, 1.165) is 28.3 Å². The van der Waals surface area contributed by atoms with Crippen LogP contribution in [0.3, 0.4) is 0 Å². The van der Waals surface area contributed by atoms with Crippen LogP contribution in [0.2, 0.25) is 0 Å². The minimum absolute atomic E-state index is 0.0469. The predicted molar refractivity (Wildman–Crippen MR) is 116 cm³/mol. The molecule has 2 atom stereocenters. The molecular formula is C25H26N2O4. The molecular weight excluding hydrogens is 392 g/mol. The summed E-state index contributed by atoms with van der Waals surface area (Å²) >= 11 is 0. The monoisotopic (exact) mass is 418 g/mol. The summed E-state index contributed by atoms with van der Waals surface area (Å²) in [6.45, 7) is 3.92.